The van der Waals surface area contributed by atoms with Crippen LogP contribution in [0.4, 0.5) is 5.13 Å². The molecule has 0 aliphatic carbocycles. The average Bonchev–Trinajstić information content (AvgIpc) is 3.50. The van der Waals surface area contributed by atoms with Crippen molar-refractivity contribution in [3.63, 3.8) is 0 Å². The minimum Gasteiger partial charge on any atom is -0.454 e. The second kappa shape index (κ2) is 7.56. The molecule has 9 nitrogen and oxygen atoms in total. The first-order valence-electron chi connectivity index (χ1n) is 9.15. The lowest BCUT2D eigenvalue weighted by Crippen LogP contribution is -2.12. The van der Waals surface area contributed by atoms with Gasteiger partial charge in [-0.1, -0.05) is 12.1 Å². The molecule has 1 aliphatic rings. The highest BCUT2D eigenvalue weighted by Gasteiger charge is 2.16. The maximum Gasteiger partial charge on any atom is 0.257 e. The van der Waals surface area contributed by atoms with Gasteiger partial charge < -0.3 is 9.47 Å². The number of benzene rings is 2. The molecule has 0 fully saturated rings. The van der Waals surface area contributed by atoms with Gasteiger partial charge in [0.05, 0.1) is 11.4 Å². The summed E-state index contributed by atoms with van der Waals surface area (Å²) in [6, 6.07) is 13.0. The Morgan fingerprint density at radius 3 is 2.97 bits per heavy atom. The van der Waals surface area contributed by atoms with Crippen LogP contribution in [-0.4, -0.2) is 37.9 Å². The Labute approximate surface area is 175 Å². The molecule has 1 aliphatic heterocycles. The first kappa shape index (κ1) is 18.3. The van der Waals surface area contributed by atoms with E-state index in [4.69, 9.17) is 9.47 Å². The van der Waals surface area contributed by atoms with Crippen molar-refractivity contribution >= 4 is 22.4 Å². The van der Waals surface area contributed by atoms with Crippen LogP contribution in [0.3, 0.4) is 0 Å². The molecule has 0 saturated carbocycles. The van der Waals surface area contributed by atoms with Crippen molar-refractivity contribution in [1.29, 1.82) is 0 Å². The van der Waals surface area contributed by atoms with Crippen LogP contribution in [0.5, 0.6) is 11.5 Å². The molecule has 10 heteroatoms. The molecule has 3 heterocycles. The lowest BCUT2D eigenvalue weighted by molar-refractivity contribution is 0.102. The highest BCUT2D eigenvalue weighted by molar-refractivity contribution is 7.15. The Kier molecular flexibility index (Phi) is 4.60. The Morgan fingerprint density at radius 2 is 2.10 bits per heavy atom. The number of carbonyl (C=O) groups excluding carboxylic acids is 1. The van der Waals surface area contributed by atoms with E-state index in [-0.39, 0.29) is 12.7 Å². The highest BCUT2D eigenvalue weighted by atomic mass is 32.1. The number of ether oxygens (including phenoxy) is 2. The Hall–Kier alpha value is -3.79. The number of aromatic nitrogens is 5. The van der Waals surface area contributed by atoms with Gasteiger partial charge in [-0.05, 0) is 53.2 Å². The van der Waals surface area contributed by atoms with E-state index in [1.54, 1.807) is 18.2 Å². The predicted octanol–water partition coefficient (Wildman–Crippen LogP) is 3.00. The second-order valence-corrected chi connectivity index (χ2v) is 7.73. The summed E-state index contributed by atoms with van der Waals surface area (Å²) in [5, 5.41) is 14.5. The summed E-state index contributed by atoms with van der Waals surface area (Å²) in [5.74, 6) is 1.27. The van der Waals surface area contributed by atoms with Crippen molar-refractivity contribution < 1.29 is 14.3 Å². The first-order chi connectivity index (χ1) is 14.7. The van der Waals surface area contributed by atoms with Crippen molar-refractivity contribution in [2.75, 3.05) is 12.1 Å². The molecule has 4 aromatic rings. The fourth-order valence-corrected chi connectivity index (χ4v) is 4.11. The van der Waals surface area contributed by atoms with E-state index in [9.17, 15) is 4.79 Å². The molecule has 0 unspecified atom stereocenters. The minimum absolute atomic E-state index is 0.242. The summed E-state index contributed by atoms with van der Waals surface area (Å²) in [7, 11) is 0. The normalized spacial score (nSPS) is 12.2. The lowest BCUT2D eigenvalue weighted by Gasteiger charge is -2.04. The monoisotopic (exact) mass is 420 g/mol. The zero-order chi connectivity index (χ0) is 20.5. The van der Waals surface area contributed by atoms with E-state index in [1.165, 1.54) is 22.3 Å². The van der Waals surface area contributed by atoms with E-state index in [0.717, 1.165) is 27.6 Å². The largest absolute Gasteiger partial charge is 0.454 e. The van der Waals surface area contributed by atoms with Gasteiger partial charge in [0, 0.05) is 16.9 Å². The summed E-state index contributed by atoms with van der Waals surface area (Å²) >= 11 is 1.46. The number of hydrogen-bond donors (Lipinski definition) is 1. The van der Waals surface area contributed by atoms with Gasteiger partial charge in [0.2, 0.25) is 6.79 Å². The number of nitrogens with one attached hydrogen (secondary N) is 1. The Bertz CT molecular complexity index is 1220. The van der Waals surface area contributed by atoms with Gasteiger partial charge in [-0.3, -0.25) is 10.1 Å². The third kappa shape index (κ3) is 3.60. The highest BCUT2D eigenvalue weighted by Crippen LogP contribution is 2.34. The van der Waals surface area contributed by atoms with Crippen molar-refractivity contribution in [3.05, 3.63) is 70.5 Å². The van der Waals surface area contributed by atoms with Gasteiger partial charge >= 0.3 is 0 Å². The first-order valence-corrected chi connectivity index (χ1v) is 9.97. The fraction of sp³-hybridized carbons (Fsp3) is 0.150. The molecule has 150 valence electrons. The maximum atomic E-state index is 12.7. The van der Waals surface area contributed by atoms with Gasteiger partial charge in [0.15, 0.2) is 16.6 Å². The van der Waals surface area contributed by atoms with Crippen LogP contribution in [0.2, 0.25) is 0 Å². The molecule has 5 rings (SSSR count). The Balaban J connectivity index is 1.31. The number of rotatable bonds is 5. The van der Waals surface area contributed by atoms with Crippen LogP contribution < -0.4 is 14.8 Å². The van der Waals surface area contributed by atoms with Crippen LogP contribution in [0, 0.1) is 6.92 Å². The molecule has 0 saturated heterocycles. The van der Waals surface area contributed by atoms with Crippen LogP contribution >= 0.6 is 11.3 Å². The zero-order valence-corrected chi connectivity index (χ0v) is 16.7. The SMILES string of the molecule is Cc1nc(NC(=O)c2cccc(-n3cnnn3)c2)sc1Cc1ccc2c(c1)OCO2. The number of anilines is 1. The van der Waals surface area contributed by atoms with Crippen LogP contribution in [-0.2, 0) is 6.42 Å². The second-order valence-electron chi connectivity index (χ2n) is 6.65. The average molecular weight is 420 g/mol. The predicted molar refractivity (Wildman–Crippen MR) is 109 cm³/mol. The molecule has 1 N–H and O–H groups in total. The van der Waals surface area contributed by atoms with Crippen molar-refractivity contribution in [3.8, 4) is 17.2 Å². The molecular formula is C20H16N6O3S. The van der Waals surface area contributed by atoms with Gasteiger partial charge in [-0.25, -0.2) is 9.67 Å². The molecule has 0 atom stereocenters. The number of nitrogens with zero attached hydrogens (tertiary/aromatic N) is 5. The quantitative estimate of drug-likeness (QED) is 0.529. The lowest BCUT2D eigenvalue weighted by atomic mass is 10.1. The van der Waals surface area contributed by atoms with Gasteiger partial charge in [-0.2, -0.15) is 0 Å². The molecule has 1 amide bonds. The summed E-state index contributed by atoms with van der Waals surface area (Å²) in [5.41, 5.74) is 3.17. The van der Waals surface area contributed by atoms with Crippen molar-refractivity contribution in [2.24, 2.45) is 0 Å². The van der Waals surface area contributed by atoms with E-state index in [2.05, 4.69) is 25.8 Å². The van der Waals surface area contributed by atoms with E-state index < -0.39 is 0 Å². The summed E-state index contributed by atoms with van der Waals surface area (Å²) in [4.78, 5) is 18.3. The fourth-order valence-electron chi connectivity index (χ4n) is 3.12. The number of tetrazole rings is 1. The molecule has 30 heavy (non-hydrogen) atoms. The van der Waals surface area contributed by atoms with Crippen LogP contribution in [0.1, 0.15) is 26.5 Å². The van der Waals surface area contributed by atoms with Crippen molar-refractivity contribution in [2.45, 2.75) is 13.3 Å². The van der Waals surface area contributed by atoms with Gasteiger partial charge in [-0.15, -0.1) is 16.4 Å². The molecular weight excluding hydrogens is 404 g/mol. The zero-order valence-electron chi connectivity index (χ0n) is 15.9. The molecule has 2 aromatic heterocycles. The molecule has 0 bridgehead atoms. The number of thiazole rings is 1. The summed E-state index contributed by atoms with van der Waals surface area (Å²) in [6.07, 6.45) is 2.18. The Morgan fingerprint density at radius 1 is 1.20 bits per heavy atom. The minimum atomic E-state index is -0.242. The van der Waals surface area contributed by atoms with Gasteiger partial charge in [0.1, 0.15) is 6.33 Å². The number of amides is 1. The smallest absolute Gasteiger partial charge is 0.257 e. The molecule has 0 spiro atoms. The standard InChI is InChI=1S/C20H16N6O3S/c1-12-18(8-13-5-6-16-17(7-13)29-11-28-16)30-20(22-12)23-19(27)14-3-2-4-15(9-14)26-10-21-24-25-26/h2-7,9-10H,8,11H2,1H3,(H,22,23,27). The third-order valence-electron chi connectivity index (χ3n) is 4.64. The van der Waals surface area contributed by atoms with E-state index in [0.29, 0.717) is 22.8 Å². The third-order valence-corrected chi connectivity index (χ3v) is 5.71. The number of hydrogen-bond acceptors (Lipinski definition) is 8. The maximum absolute atomic E-state index is 12.7. The number of carbonyl (C=O) groups is 1. The van der Waals surface area contributed by atoms with Gasteiger partial charge in [0.25, 0.3) is 5.91 Å². The van der Waals surface area contributed by atoms with E-state index >= 15 is 0 Å². The number of fused-ring (bicyclic) bond motifs is 1. The van der Waals surface area contributed by atoms with Crippen LogP contribution in [0.25, 0.3) is 5.69 Å². The topological polar surface area (TPSA) is 104 Å². The summed E-state index contributed by atoms with van der Waals surface area (Å²) in [6.45, 7) is 2.19. The molecule has 2 aromatic carbocycles. The van der Waals surface area contributed by atoms with E-state index in [1.807, 2.05) is 31.2 Å². The number of aryl methyl sites for hydroxylation is 1. The van der Waals surface area contributed by atoms with Crippen molar-refractivity contribution in [1.82, 2.24) is 25.2 Å². The van der Waals surface area contributed by atoms with Crippen LogP contribution in [0.15, 0.2) is 48.8 Å². The summed E-state index contributed by atoms with van der Waals surface area (Å²) < 4.78 is 12.3. The molecule has 0 radical (unpaired) electrons.